The minimum Gasteiger partial charge on any atom is -0.493 e. The van der Waals surface area contributed by atoms with Gasteiger partial charge in [0.25, 0.3) is 5.91 Å². The fourth-order valence-corrected chi connectivity index (χ4v) is 3.96. The highest BCUT2D eigenvalue weighted by Crippen LogP contribution is 2.32. The molecule has 1 aliphatic rings. The lowest BCUT2D eigenvalue weighted by molar-refractivity contribution is -0.119. The molecule has 1 amide bonds. The molecular weight excluding hydrogens is 382 g/mol. The Morgan fingerprint density at radius 3 is 2.25 bits per heavy atom. The van der Waals surface area contributed by atoms with E-state index in [4.69, 9.17) is 9.47 Å². The molecule has 2 rings (SSSR count). The van der Waals surface area contributed by atoms with Crippen LogP contribution in [0, 0.1) is 0 Å². The van der Waals surface area contributed by atoms with Gasteiger partial charge in [0, 0.05) is 11.8 Å². The molecule has 0 spiro atoms. The molecule has 1 fully saturated rings. The number of carbonyl (C=O) groups is 1. The molecule has 0 radical (unpaired) electrons. The second-order valence-corrected chi connectivity index (χ2v) is 8.70. The van der Waals surface area contributed by atoms with E-state index in [1.807, 2.05) is 0 Å². The molecule has 0 saturated heterocycles. The van der Waals surface area contributed by atoms with E-state index in [-0.39, 0.29) is 6.54 Å². The first-order valence-electron chi connectivity index (χ1n) is 9.39. The molecule has 156 valence electrons. The Morgan fingerprint density at radius 1 is 1.07 bits per heavy atom. The first-order chi connectivity index (χ1) is 13.3. The number of carbonyl (C=O) groups excluding carboxylic acids is 1. The molecule has 0 aromatic heterocycles. The average Bonchev–Trinajstić information content (AvgIpc) is 2.63. The van der Waals surface area contributed by atoms with Crippen molar-refractivity contribution in [1.29, 1.82) is 0 Å². The van der Waals surface area contributed by atoms with E-state index < -0.39 is 15.9 Å². The maximum absolute atomic E-state index is 12.4. The fourth-order valence-electron chi connectivity index (χ4n) is 3.11. The number of hydrazone groups is 1. The summed E-state index contributed by atoms with van der Waals surface area (Å²) in [6, 6.07) is 4.68. The molecule has 0 unspecified atom stereocenters. The molecule has 1 aliphatic carbocycles. The molecule has 1 N–H and O–H groups in total. The van der Waals surface area contributed by atoms with Crippen LogP contribution in [0.4, 0.5) is 5.69 Å². The van der Waals surface area contributed by atoms with Gasteiger partial charge in [0.15, 0.2) is 11.5 Å². The Balaban J connectivity index is 2.13. The Hall–Kier alpha value is -2.29. The number of benzene rings is 1. The number of nitrogens with one attached hydrogen (secondary N) is 1. The van der Waals surface area contributed by atoms with Gasteiger partial charge < -0.3 is 9.47 Å². The predicted octanol–water partition coefficient (Wildman–Crippen LogP) is 2.69. The van der Waals surface area contributed by atoms with E-state index in [1.54, 1.807) is 12.1 Å². The van der Waals surface area contributed by atoms with Gasteiger partial charge in [-0.25, -0.2) is 13.8 Å². The Labute approximate surface area is 166 Å². The molecule has 1 saturated carbocycles. The molecule has 0 bridgehead atoms. The van der Waals surface area contributed by atoms with Crippen molar-refractivity contribution in [2.75, 3.05) is 31.3 Å². The van der Waals surface area contributed by atoms with Gasteiger partial charge in [-0.05, 0) is 37.8 Å². The summed E-state index contributed by atoms with van der Waals surface area (Å²) in [7, 11) is -0.727. The van der Waals surface area contributed by atoms with Crippen LogP contribution in [0.5, 0.6) is 11.5 Å². The average molecular weight is 412 g/mol. The second kappa shape index (κ2) is 10.3. The summed E-state index contributed by atoms with van der Waals surface area (Å²) < 4.78 is 35.9. The molecule has 0 heterocycles. The highest BCUT2D eigenvalue weighted by Gasteiger charge is 2.22. The molecule has 8 nitrogen and oxygen atoms in total. The SMILES string of the molecule is COc1ccc(N(CC(=O)NN=C2CCCCCCC2)S(C)(=O)=O)cc1OC. The van der Waals surface area contributed by atoms with Gasteiger partial charge in [0.1, 0.15) is 6.54 Å². The summed E-state index contributed by atoms with van der Waals surface area (Å²) in [5.74, 6) is 0.360. The van der Waals surface area contributed by atoms with E-state index in [1.165, 1.54) is 39.5 Å². The van der Waals surface area contributed by atoms with Gasteiger partial charge >= 0.3 is 0 Å². The Morgan fingerprint density at radius 2 is 1.68 bits per heavy atom. The van der Waals surface area contributed by atoms with Crippen LogP contribution < -0.4 is 19.2 Å². The second-order valence-electron chi connectivity index (χ2n) is 6.79. The van der Waals surface area contributed by atoms with Crippen LogP contribution in [0.15, 0.2) is 23.3 Å². The summed E-state index contributed by atoms with van der Waals surface area (Å²) in [4.78, 5) is 12.4. The minimum atomic E-state index is -3.68. The number of amides is 1. The van der Waals surface area contributed by atoms with Crippen molar-refractivity contribution in [2.24, 2.45) is 5.10 Å². The number of ether oxygens (including phenoxy) is 2. The van der Waals surface area contributed by atoms with Gasteiger partial charge in [-0.15, -0.1) is 0 Å². The number of hydrogen-bond acceptors (Lipinski definition) is 6. The first-order valence-corrected chi connectivity index (χ1v) is 11.2. The summed E-state index contributed by atoms with van der Waals surface area (Å²) in [6.45, 7) is -0.370. The third-order valence-electron chi connectivity index (χ3n) is 4.61. The van der Waals surface area contributed by atoms with Crippen LogP contribution in [-0.2, 0) is 14.8 Å². The number of rotatable bonds is 7. The van der Waals surface area contributed by atoms with Crippen molar-refractivity contribution >= 4 is 27.3 Å². The van der Waals surface area contributed by atoms with Crippen molar-refractivity contribution < 1.29 is 22.7 Å². The zero-order valence-electron chi connectivity index (χ0n) is 16.7. The van der Waals surface area contributed by atoms with Crippen molar-refractivity contribution in [3.63, 3.8) is 0 Å². The molecule has 0 atom stereocenters. The minimum absolute atomic E-state index is 0.314. The molecule has 0 aliphatic heterocycles. The smallest absolute Gasteiger partial charge is 0.260 e. The highest BCUT2D eigenvalue weighted by molar-refractivity contribution is 7.92. The Kier molecular flexibility index (Phi) is 8.10. The third-order valence-corrected chi connectivity index (χ3v) is 5.75. The quantitative estimate of drug-likeness (QED) is 0.696. The van der Waals surface area contributed by atoms with E-state index in [9.17, 15) is 13.2 Å². The van der Waals surface area contributed by atoms with Gasteiger partial charge in [-0.3, -0.25) is 9.10 Å². The predicted molar refractivity (Wildman–Crippen MR) is 110 cm³/mol. The first kappa shape index (κ1) is 22.0. The van der Waals surface area contributed by atoms with Crippen molar-refractivity contribution in [3.8, 4) is 11.5 Å². The van der Waals surface area contributed by atoms with E-state index in [2.05, 4.69) is 10.5 Å². The summed E-state index contributed by atoms with van der Waals surface area (Å²) in [6.07, 6.45) is 8.51. The Bertz CT molecular complexity index is 798. The van der Waals surface area contributed by atoms with Crippen molar-refractivity contribution in [1.82, 2.24) is 5.43 Å². The zero-order chi connectivity index (χ0) is 20.6. The standard InChI is InChI=1S/C19H29N3O5S/c1-26-17-12-11-16(13-18(17)27-2)22(28(3,24)25)14-19(23)21-20-15-9-7-5-4-6-8-10-15/h11-13H,4-10,14H2,1-3H3,(H,21,23). The topological polar surface area (TPSA) is 97.3 Å². The van der Waals surface area contributed by atoms with E-state index in [0.29, 0.717) is 17.2 Å². The monoisotopic (exact) mass is 411 g/mol. The maximum atomic E-state index is 12.4. The summed E-state index contributed by atoms with van der Waals surface area (Å²) >= 11 is 0. The van der Waals surface area contributed by atoms with E-state index in [0.717, 1.165) is 42.0 Å². The third kappa shape index (κ3) is 6.40. The maximum Gasteiger partial charge on any atom is 0.260 e. The molecule has 1 aromatic carbocycles. The number of methoxy groups -OCH3 is 2. The molecule has 9 heteroatoms. The number of hydrogen-bond donors (Lipinski definition) is 1. The molecule has 28 heavy (non-hydrogen) atoms. The molecular formula is C19H29N3O5S. The van der Waals surface area contributed by atoms with Crippen molar-refractivity contribution in [2.45, 2.75) is 44.9 Å². The fraction of sp³-hybridized carbons (Fsp3) is 0.579. The molecule has 1 aromatic rings. The number of nitrogens with zero attached hydrogens (tertiary/aromatic N) is 2. The van der Waals surface area contributed by atoms with E-state index >= 15 is 0 Å². The van der Waals surface area contributed by atoms with Gasteiger partial charge in [0.05, 0.1) is 26.2 Å². The largest absolute Gasteiger partial charge is 0.493 e. The van der Waals surface area contributed by atoms with Crippen LogP contribution in [0.2, 0.25) is 0 Å². The number of sulfonamides is 1. The highest BCUT2D eigenvalue weighted by atomic mass is 32.2. The van der Waals surface area contributed by atoms with Crippen LogP contribution in [0.1, 0.15) is 44.9 Å². The summed E-state index contributed by atoms with van der Waals surface area (Å²) in [5.41, 5.74) is 3.79. The van der Waals surface area contributed by atoms with Crippen molar-refractivity contribution in [3.05, 3.63) is 18.2 Å². The number of anilines is 1. The van der Waals surface area contributed by atoms with Crippen LogP contribution in [0.3, 0.4) is 0 Å². The van der Waals surface area contributed by atoms with Gasteiger partial charge in [-0.2, -0.15) is 5.10 Å². The normalized spacial score (nSPS) is 15.2. The lowest BCUT2D eigenvalue weighted by Gasteiger charge is -2.22. The van der Waals surface area contributed by atoms with Crippen LogP contribution >= 0.6 is 0 Å². The van der Waals surface area contributed by atoms with Gasteiger partial charge in [-0.1, -0.05) is 19.3 Å². The van der Waals surface area contributed by atoms with Crippen LogP contribution in [-0.4, -0.2) is 47.1 Å². The zero-order valence-corrected chi connectivity index (χ0v) is 17.5. The lowest BCUT2D eigenvalue weighted by atomic mass is 9.99. The summed E-state index contributed by atoms with van der Waals surface area (Å²) in [5, 5.41) is 4.23. The lowest BCUT2D eigenvalue weighted by Crippen LogP contribution is -2.39. The van der Waals surface area contributed by atoms with Gasteiger partial charge in [0.2, 0.25) is 10.0 Å². The van der Waals surface area contributed by atoms with Crippen LogP contribution in [0.25, 0.3) is 0 Å².